The Kier molecular flexibility index (Phi) is 5.66. The van der Waals surface area contributed by atoms with E-state index in [0.29, 0.717) is 22.9 Å². The molecule has 2 aromatic rings. The van der Waals surface area contributed by atoms with E-state index in [4.69, 9.17) is 16.3 Å². The van der Waals surface area contributed by atoms with E-state index in [2.05, 4.69) is 10.4 Å². The SMILES string of the molecule is CC[C@@H](CNC(=O)c1c(C)nn(C)c1C)Oc1ccccc1Cl. The number of hydrogen-bond donors (Lipinski definition) is 1. The van der Waals surface area contributed by atoms with Gasteiger partial charge in [0.1, 0.15) is 11.9 Å². The van der Waals surface area contributed by atoms with Gasteiger partial charge in [-0.3, -0.25) is 9.48 Å². The molecule has 1 atom stereocenters. The Labute approximate surface area is 141 Å². The lowest BCUT2D eigenvalue weighted by atomic mass is 10.1. The van der Waals surface area contributed by atoms with Gasteiger partial charge in [0, 0.05) is 12.7 Å². The molecule has 0 aliphatic heterocycles. The summed E-state index contributed by atoms with van der Waals surface area (Å²) >= 11 is 6.10. The number of halogens is 1. The maximum Gasteiger partial charge on any atom is 0.255 e. The molecule has 0 saturated carbocycles. The van der Waals surface area contributed by atoms with Crippen molar-refractivity contribution in [2.45, 2.75) is 33.3 Å². The topological polar surface area (TPSA) is 56.2 Å². The molecule has 0 unspecified atom stereocenters. The fraction of sp³-hybridized carbons (Fsp3) is 0.412. The number of benzene rings is 1. The normalized spacial score (nSPS) is 12.0. The molecular weight excluding hydrogens is 314 g/mol. The number of para-hydroxylation sites is 1. The van der Waals surface area contributed by atoms with Crippen LogP contribution >= 0.6 is 11.6 Å². The zero-order valence-electron chi connectivity index (χ0n) is 13.9. The Hall–Kier alpha value is -2.01. The monoisotopic (exact) mass is 335 g/mol. The molecule has 0 saturated heterocycles. The highest BCUT2D eigenvalue weighted by molar-refractivity contribution is 6.32. The number of aryl methyl sites for hydroxylation is 2. The summed E-state index contributed by atoms with van der Waals surface area (Å²) in [5, 5.41) is 7.76. The number of carbonyl (C=O) groups excluding carboxylic acids is 1. The molecule has 2 rings (SSSR count). The number of carbonyl (C=O) groups is 1. The van der Waals surface area contributed by atoms with Crippen molar-refractivity contribution in [2.75, 3.05) is 6.54 Å². The maximum atomic E-state index is 12.4. The molecule has 1 aromatic carbocycles. The molecule has 0 radical (unpaired) electrons. The van der Waals surface area contributed by atoms with Crippen LogP contribution in [0.4, 0.5) is 0 Å². The fourth-order valence-corrected chi connectivity index (χ4v) is 2.57. The molecule has 5 nitrogen and oxygen atoms in total. The molecule has 124 valence electrons. The zero-order valence-corrected chi connectivity index (χ0v) is 14.6. The molecular formula is C17H22ClN3O2. The van der Waals surface area contributed by atoms with Crippen LogP contribution in [0.2, 0.25) is 5.02 Å². The summed E-state index contributed by atoms with van der Waals surface area (Å²) in [7, 11) is 1.83. The first kappa shape index (κ1) is 17.3. The summed E-state index contributed by atoms with van der Waals surface area (Å²) in [6, 6.07) is 7.33. The molecule has 1 amide bonds. The molecule has 6 heteroatoms. The minimum absolute atomic E-state index is 0.130. The van der Waals surface area contributed by atoms with Crippen LogP contribution in [0, 0.1) is 13.8 Å². The van der Waals surface area contributed by atoms with Crippen molar-refractivity contribution in [3.8, 4) is 5.75 Å². The Bertz CT molecular complexity index is 697. The van der Waals surface area contributed by atoms with E-state index in [1.807, 2.05) is 46.0 Å². The largest absolute Gasteiger partial charge is 0.487 e. The van der Waals surface area contributed by atoms with Crippen molar-refractivity contribution in [3.63, 3.8) is 0 Å². The summed E-state index contributed by atoms with van der Waals surface area (Å²) in [6.45, 7) is 6.13. The van der Waals surface area contributed by atoms with Gasteiger partial charge < -0.3 is 10.1 Å². The molecule has 0 aliphatic carbocycles. The van der Waals surface area contributed by atoms with E-state index >= 15 is 0 Å². The zero-order chi connectivity index (χ0) is 17.0. The van der Waals surface area contributed by atoms with Gasteiger partial charge in [0.2, 0.25) is 0 Å². The minimum atomic E-state index is -0.142. The summed E-state index contributed by atoms with van der Waals surface area (Å²) in [4.78, 5) is 12.4. The average molecular weight is 336 g/mol. The number of amides is 1. The second kappa shape index (κ2) is 7.51. The minimum Gasteiger partial charge on any atom is -0.487 e. The number of ether oxygens (including phenoxy) is 1. The molecule has 23 heavy (non-hydrogen) atoms. The van der Waals surface area contributed by atoms with Crippen LogP contribution in [0.5, 0.6) is 5.75 Å². The van der Waals surface area contributed by atoms with Gasteiger partial charge in [-0.15, -0.1) is 0 Å². The lowest BCUT2D eigenvalue weighted by Gasteiger charge is -2.19. The third-order valence-electron chi connectivity index (χ3n) is 3.81. The van der Waals surface area contributed by atoms with Crippen LogP contribution in [0.15, 0.2) is 24.3 Å². The number of hydrogen-bond acceptors (Lipinski definition) is 3. The maximum absolute atomic E-state index is 12.4. The molecule has 0 aliphatic rings. The second-order valence-electron chi connectivity index (χ2n) is 5.46. The van der Waals surface area contributed by atoms with Gasteiger partial charge in [0.05, 0.1) is 22.8 Å². The highest BCUT2D eigenvalue weighted by Gasteiger charge is 2.19. The number of nitrogens with one attached hydrogen (secondary N) is 1. The van der Waals surface area contributed by atoms with Gasteiger partial charge >= 0.3 is 0 Å². The van der Waals surface area contributed by atoms with E-state index in [1.165, 1.54) is 0 Å². The Morgan fingerprint density at radius 1 is 1.39 bits per heavy atom. The predicted octanol–water partition coefficient (Wildman–Crippen LogP) is 3.28. The van der Waals surface area contributed by atoms with Crippen LogP contribution in [0.3, 0.4) is 0 Å². The van der Waals surface area contributed by atoms with E-state index in [0.717, 1.165) is 17.8 Å². The summed E-state index contributed by atoms with van der Waals surface area (Å²) in [5.74, 6) is 0.498. The van der Waals surface area contributed by atoms with Crippen molar-refractivity contribution in [3.05, 3.63) is 46.2 Å². The lowest BCUT2D eigenvalue weighted by Crippen LogP contribution is -2.35. The van der Waals surface area contributed by atoms with Crippen LogP contribution < -0.4 is 10.1 Å². The molecule has 0 bridgehead atoms. The summed E-state index contributed by atoms with van der Waals surface area (Å²) < 4.78 is 7.59. The van der Waals surface area contributed by atoms with Gasteiger partial charge in [0.25, 0.3) is 5.91 Å². The van der Waals surface area contributed by atoms with Crippen molar-refractivity contribution in [1.29, 1.82) is 0 Å². The quantitative estimate of drug-likeness (QED) is 0.881. The lowest BCUT2D eigenvalue weighted by molar-refractivity contribution is 0.0924. The van der Waals surface area contributed by atoms with Crippen LogP contribution in [-0.4, -0.2) is 28.3 Å². The molecule has 0 fully saturated rings. The van der Waals surface area contributed by atoms with Gasteiger partial charge in [-0.2, -0.15) is 5.10 Å². The van der Waals surface area contributed by atoms with Crippen molar-refractivity contribution < 1.29 is 9.53 Å². The third kappa shape index (κ3) is 4.05. The van der Waals surface area contributed by atoms with Crippen LogP contribution in [0.25, 0.3) is 0 Å². The third-order valence-corrected chi connectivity index (χ3v) is 4.12. The summed E-state index contributed by atoms with van der Waals surface area (Å²) in [6.07, 6.45) is 0.618. The molecule has 1 aromatic heterocycles. The predicted molar refractivity (Wildman–Crippen MR) is 91.2 cm³/mol. The molecule has 1 heterocycles. The van der Waals surface area contributed by atoms with Gasteiger partial charge in [-0.05, 0) is 32.4 Å². The fourth-order valence-electron chi connectivity index (χ4n) is 2.39. The number of aromatic nitrogens is 2. The van der Waals surface area contributed by atoms with Crippen molar-refractivity contribution >= 4 is 17.5 Å². The first-order valence-electron chi connectivity index (χ1n) is 7.63. The first-order chi connectivity index (χ1) is 10.9. The summed E-state index contributed by atoms with van der Waals surface area (Å²) in [5.41, 5.74) is 2.20. The van der Waals surface area contributed by atoms with Gasteiger partial charge in [0.15, 0.2) is 0 Å². The highest BCUT2D eigenvalue weighted by atomic mass is 35.5. The van der Waals surface area contributed by atoms with E-state index in [9.17, 15) is 4.79 Å². The smallest absolute Gasteiger partial charge is 0.255 e. The van der Waals surface area contributed by atoms with Crippen molar-refractivity contribution in [2.24, 2.45) is 7.05 Å². The number of nitrogens with zero attached hydrogens (tertiary/aromatic N) is 2. The van der Waals surface area contributed by atoms with Crippen LogP contribution in [0.1, 0.15) is 35.1 Å². The Morgan fingerprint density at radius 2 is 2.09 bits per heavy atom. The van der Waals surface area contributed by atoms with E-state index in [-0.39, 0.29) is 12.0 Å². The molecule has 0 spiro atoms. The van der Waals surface area contributed by atoms with E-state index < -0.39 is 0 Å². The van der Waals surface area contributed by atoms with Crippen LogP contribution in [-0.2, 0) is 7.05 Å². The van der Waals surface area contributed by atoms with Gasteiger partial charge in [-0.25, -0.2) is 0 Å². The standard InChI is InChI=1S/C17H22ClN3O2/c1-5-13(23-15-9-7-6-8-14(15)18)10-19-17(22)16-11(2)20-21(4)12(16)3/h6-9,13H,5,10H2,1-4H3,(H,19,22)/t13-/m0/s1. The first-order valence-corrected chi connectivity index (χ1v) is 8.01. The Morgan fingerprint density at radius 3 is 2.65 bits per heavy atom. The second-order valence-corrected chi connectivity index (χ2v) is 5.87. The van der Waals surface area contributed by atoms with Gasteiger partial charge in [-0.1, -0.05) is 30.7 Å². The van der Waals surface area contributed by atoms with E-state index in [1.54, 1.807) is 10.7 Å². The highest BCUT2D eigenvalue weighted by Crippen LogP contribution is 2.24. The Balaban J connectivity index is 2.00. The molecule has 1 N–H and O–H groups in total. The number of rotatable bonds is 6. The van der Waals surface area contributed by atoms with Crippen molar-refractivity contribution in [1.82, 2.24) is 15.1 Å². The average Bonchev–Trinajstić information content (AvgIpc) is 2.78.